The molecule has 7 heteroatoms. The molecule has 1 fully saturated rings. The van der Waals surface area contributed by atoms with Gasteiger partial charge < -0.3 is 14.4 Å². The SMILES string of the molecule is O=S(=O)(NCCC[NH+]1CCCC1)c1ccc2c(c1)OCCO2. The molecule has 1 saturated heterocycles. The maximum Gasteiger partial charge on any atom is 0.240 e. The normalized spacial score (nSPS) is 18.5. The molecule has 1 aromatic carbocycles. The van der Waals surface area contributed by atoms with Crippen molar-refractivity contribution in [1.82, 2.24) is 4.72 Å². The van der Waals surface area contributed by atoms with Gasteiger partial charge in [0.2, 0.25) is 10.0 Å². The molecule has 1 aromatic rings. The van der Waals surface area contributed by atoms with Gasteiger partial charge >= 0.3 is 0 Å². The molecule has 0 aliphatic carbocycles. The molecule has 2 N–H and O–H groups in total. The number of sulfonamides is 1. The van der Waals surface area contributed by atoms with E-state index in [1.54, 1.807) is 17.0 Å². The number of ether oxygens (including phenoxy) is 2. The molecule has 6 nitrogen and oxygen atoms in total. The molecule has 2 heterocycles. The fourth-order valence-corrected chi connectivity index (χ4v) is 4.03. The van der Waals surface area contributed by atoms with E-state index in [-0.39, 0.29) is 4.90 Å². The highest BCUT2D eigenvalue weighted by Crippen LogP contribution is 2.32. The average molecular weight is 327 g/mol. The van der Waals surface area contributed by atoms with Crippen LogP contribution in [0.25, 0.3) is 0 Å². The fourth-order valence-electron chi connectivity index (χ4n) is 2.94. The van der Waals surface area contributed by atoms with Crippen molar-refractivity contribution in [3.63, 3.8) is 0 Å². The van der Waals surface area contributed by atoms with Crippen LogP contribution in [0.15, 0.2) is 23.1 Å². The molecule has 0 unspecified atom stereocenters. The Morgan fingerprint density at radius 1 is 1.09 bits per heavy atom. The van der Waals surface area contributed by atoms with Crippen molar-refractivity contribution < 1.29 is 22.8 Å². The van der Waals surface area contributed by atoms with Gasteiger partial charge in [-0.2, -0.15) is 0 Å². The van der Waals surface area contributed by atoms with E-state index in [1.165, 1.54) is 32.0 Å². The van der Waals surface area contributed by atoms with Crippen molar-refractivity contribution in [3.05, 3.63) is 18.2 Å². The maximum atomic E-state index is 12.3. The summed E-state index contributed by atoms with van der Waals surface area (Å²) in [6.45, 7) is 4.88. The molecule has 0 bridgehead atoms. The molecule has 22 heavy (non-hydrogen) atoms. The molecule has 3 rings (SSSR count). The Balaban J connectivity index is 1.55. The number of fused-ring (bicyclic) bond motifs is 1. The summed E-state index contributed by atoms with van der Waals surface area (Å²) in [5.41, 5.74) is 0. The molecule has 2 aliphatic rings. The molecule has 2 aliphatic heterocycles. The number of nitrogens with one attached hydrogen (secondary N) is 2. The van der Waals surface area contributed by atoms with Crippen LogP contribution in [0.3, 0.4) is 0 Å². The number of likely N-dealkylation sites (tertiary alicyclic amines) is 1. The van der Waals surface area contributed by atoms with E-state index in [0.717, 1.165) is 13.0 Å². The Hall–Kier alpha value is -1.31. The quantitative estimate of drug-likeness (QED) is 0.711. The van der Waals surface area contributed by atoms with Gasteiger partial charge in [0.25, 0.3) is 0 Å². The van der Waals surface area contributed by atoms with Gasteiger partial charge in [-0.15, -0.1) is 0 Å². The largest absolute Gasteiger partial charge is 0.486 e. The third kappa shape index (κ3) is 3.71. The van der Waals surface area contributed by atoms with Crippen molar-refractivity contribution >= 4 is 10.0 Å². The van der Waals surface area contributed by atoms with Crippen LogP contribution in [0.5, 0.6) is 11.5 Å². The Labute approximate surface area is 131 Å². The maximum absolute atomic E-state index is 12.3. The van der Waals surface area contributed by atoms with Crippen LogP contribution in [0, 0.1) is 0 Å². The molecular weight excluding hydrogens is 304 g/mol. The van der Waals surface area contributed by atoms with Gasteiger partial charge in [0.05, 0.1) is 24.5 Å². The minimum absolute atomic E-state index is 0.227. The minimum Gasteiger partial charge on any atom is -0.486 e. The van der Waals surface area contributed by atoms with E-state index in [0.29, 0.717) is 31.3 Å². The predicted molar refractivity (Wildman–Crippen MR) is 82.0 cm³/mol. The molecule has 0 saturated carbocycles. The van der Waals surface area contributed by atoms with Crippen LogP contribution in [0.2, 0.25) is 0 Å². The highest BCUT2D eigenvalue weighted by atomic mass is 32.2. The Kier molecular flexibility index (Phi) is 4.85. The van der Waals surface area contributed by atoms with Gasteiger partial charge in [-0.3, -0.25) is 0 Å². The lowest BCUT2D eigenvalue weighted by Gasteiger charge is -2.19. The summed E-state index contributed by atoms with van der Waals surface area (Å²) in [5, 5.41) is 0. The average Bonchev–Trinajstić information content (AvgIpc) is 3.04. The Morgan fingerprint density at radius 3 is 2.59 bits per heavy atom. The van der Waals surface area contributed by atoms with Gasteiger partial charge in [0.1, 0.15) is 13.2 Å². The summed E-state index contributed by atoms with van der Waals surface area (Å²) < 4.78 is 38.1. The summed E-state index contributed by atoms with van der Waals surface area (Å²) in [4.78, 5) is 1.81. The van der Waals surface area contributed by atoms with E-state index in [4.69, 9.17) is 9.47 Å². The van der Waals surface area contributed by atoms with E-state index < -0.39 is 10.0 Å². The van der Waals surface area contributed by atoms with Gasteiger partial charge in [0, 0.05) is 31.9 Å². The van der Waals surface area contributed by atoms with Gasteiger partial charge in [0.15, 0.2) is 11.5 Å². The second-order valence-electron chi connectivity index (χ2n) is 5.76. The van der Waals surface area contributed by atoms with Crippen molar-refractivity contribution in [3.8, 4) is 11.5 Å². The van der Waals surface area contributed by atoms with Gasteiger partial charge in [-0.1, -0.05) is 0 Å². The third-order valence-electron chi connectivity index (χ3n) is 4.13. The Morgan fingerprint density at radius 2 is 1.82 bits per heavy atom. The predicted octanol–water partition coefficient (Wildman–Crippen LogP) is -0.195. The first-order chi connectivity index (χ1) is 10.6. The third-order valence-corrected chi connectivity index (χ3v) is 5.59. The lowest BCUT2D eigenvalue weighted by molar-refractivity contribution is -0.887. The monoisotopic (exact) mass is 327 g/mol. The summed E-state index contributed by atoms with van der Waals surface area (Å²) in [5.74, 6) is 1.10. The van der Waals surface area contributed by atoms with Crippen LogP contribution >= 0.6 is 0 Å². The molecule has 0 radical (unpaired) electrons. The van der Waals surface area contributed by atoms with E-state index in [1.807, 2.05) is 0 Å². The van der Waals surface area contributed by atoms with Gasteiger partial charge in [-0.05, 0) is 12.1 Å². The zero-order valence-corrected chi connectivity index (χ0v) is 13.5. The molecule has 0 amide bonds. The molecule has 0 atom stereocenters. The number of benzene rings is 1. The zero-order chi connectivity index (χ0) is 15.4. The van der Waals surface area contributed by atoms with Crippen molar-refractivity contribution in [2.24, 2.45) is 0 Å². The number of hydrogen-bond donors (Lipinski definition) is 2. The molecule has 0 aromatic heterocycles. The van der Waals surface area contributed by atoms with E-state index in [2.05, 4.69) is 4.72 Å². The van der Waals surface area contributed by atoms with Crippen LogP contribution in [0.1, 0.15) is 19.3 Å². The lowest BCUT2D eigenvalue weighted by Crippen LogP contribution is -3.10. The van der Waals surface area contributed by atoms with Crippen LogP contribution < -0.4 is 19.1 Å². The van der Waals surface area contributed by atoms with Crippen molar-refractivity contribution in [1.29, 1.82) is 0 Å². The van der Waals surface area contributed by atoms with E-state index in [9.17, 15) is 8.42 Å². The second-order valence-corrected chi connectivity index (χ2v) is 7.53. The Bertz CT molecular complexity index is 612. The van der Waals surface area contributed by atoms with Crippen molar-refractivity contribution in [2.75, 3.05) is 39.4 Å². The summed E-state index contributed by atoms with van der Waals surface area (Å²) in [6.07, 6.45) is 3.44. The van der Waals surface area contributed by atoms with Crippen molar-refractivity contribution in [2.45, 2.75) is 24.2 Å². The highest BCUT2D eigenvalue weighted by Gasteiger charge is 2.19. The lowest BCUT2D eigenvalue weighted by atomic mass is 10.3. The first-order valence-corrected chi connectivity index (χ1v) is 9.36. The fraction of sp³-hybridized carbons (Fsp3) is 0.600. The zero-order valence-electron chi connectivity index (χ0n) is 12.6. The molecule has 122 valence electrons. The highest BCUT2D eigenvalue weighted by molar-refractivity contribution is 7.89. The number of hydrogen-bond acceptors (Lipinski definition) is 4. The minimum atomic E-state index is -3.48. The van der Waals surface area contributed by atoms with Gasteiger partial charge in [-0.25, -0.2) is 13.1 Å². The summed E-state index contributed by atoms with van der Waals surface area (Å²) >= 11 is 0. The summed E-state index contributed by atoms with van der Waals surface area (Å²) in [7, 11) is -3.48. The number of rotatable bonds is 6. The number of quaternary nitrogens is 1. The smallest absolute Gasteiger partial charge is 0.240 e. The molecular formula is C15H23N2O4S+. The standard InChI is InChI=1S/C15H22N2O4S/c18-22(19,16-6-3-9-17-7-1-2-8-17)13-4-5-14-15(12-13)21-11-10-20-14/h4-5,12,16H,1-3,6-11H2/p+1. The van der Waals surface area contributed by atoms with Crippen LogP contribution in [0.4, 0.5) is 0 Å². The summed E-state index contributed by atoms with van der Waals surface area (Å²) in [6, 6.07) is 4.74. The van der Waals surface area contributed by atoms with Crippen LogP contribution in [-0.2, 0) is 10.0 Å². The molecule has 0 spiro atoms. The van der Waals surface area contributed by atoms with Crippen LogP contribution in [-0.4, -0.2) is 47.8 Å². The first-order valence-electron chi connectivity index (χ1n) is 7.88. The topological polar surface area (TPSA) is 69.1 Å². The second kappa shape index (κ2) is 6.85. The van der Waals surface area contributed by atoms with E-state index >= 15 is 0 Å². The first kappa shape index (κ1) is 15.6.